The first-order chi connectivity index (χ1) is 9.74. The zero-order chi connectivity index (χ0) is 14.1. The number of aryl methyl sites for hydroxylation is 1. The molecule has 1 aliphatic carbocycles. The first-order valence-corrected chi connectivity index (χ1v) is 9.05. The summed E-state index contributed by atoms with van der Waals surface area (Å²) in [4.78, 5) is 9.21. The molecule has 3 rings (SSSR count). The highest BCUT2D eigenvalue weighted by Crippen LogP contribution is 2.39. The Morgan fingerprint density at radius 1 is 1.45 bits per heavy atom. The fourth-order valence-electron chi connectivity index (χ4n) is 3.09. The van der Waals surface area contributed by atoms with Crippen molar-refractivity contribution in [1.82, 2.24) is 14.5 Å². The number of pyridine rings is 1. The van der Waals surface area contributed by atoms with Gasteiger partial charge in [-0.25, -0.2) is 9.97 Å². The summed E-state index contributed by atoms with van der Waals surface area (Å²) in [5.41, 5.74) is 1.82. The van der Waals surface area contributed by atoms with Gasteiger partial charge in [-0.2, -0.15) is 11.8 Å². The molecule has 1 aliphatic rings. The van der Waals surface area contributed by atoms with E-state index in [-0.39, 0.29) is 0 Å². The zero-order valence-electron chi connectivity index (χ0n) is 11.4. The third-order valence-corrected chi connectivity index (χ3v) is 5.49. The van der Waals surface area contributed by atoms with Crippen molar-refractivity contribution in [1.29, 1.82) is 0 Å². The van der Waals surface area contributed by atoms with Crippen molar-refractivity contribution in [3.63, 3.8) is 0 Å². The molecule has 0 aliphatic heterocycles. The Bertz CT molecular complexity index is 614. The lowest BCUT2D eigenvalue weighted by molar-refractivity contribution is 0.519. The molecule has 108 valence electrons. The first kappa shape index (κ1) is 14.5. The van der Waals surface area contributed by atoms with Gasteiger partial charge in [0.1, 0.15) is 11.3 Å². The van der Waals surface area contributed by atoms with E-state index in [4.69, 9.17) is 28.2 Å². The van der Waals surface area contributed by atoms with Crippen LogP contribution in [0.2, 0.25) is 5.02 Å². The monoisotopic (exact) mass is 329 g/mol. The summed E-state index contributed by atoms with van der Waals surface area (Å²) in [7, 11) is 0. The van der Waals surface area contributed by atoms with E-state index in [1.54, 1.807) is 6.20 Å². The lowest BCUT2D eigenvalue weighted by Crippen LogP contribution is -2.18. The highest BCUT2D eigenvalue weighted by Gasteiger charge is 2.31. The van der Waals surface area contributed by atoms with Gasteiger partial charge in [-0.15, -0.1) is 11.6 Å². The largest absolute Gasteiger partial charge is 0.308 e. The number of rotatable bonds is 4. The van der Waals surface area contributed by atoms with Gasteiger partial charge in [0.05, 0.1) is 5.02 Å². The van der Waals surface area contributed by atoms with Crippen LogP contribution in [0.5, 0.6) is 0 Å². The predicted octanol–water partition coefficient (Wildman–Crippen LogP) is 4.32. The van der Waals surface area contributed by atoms with Crippen molar-refractivity contribution in [2.45, 2.75) is 37.0 Å². The van der Waals surface area contributed by atoms with Crippen LogP contribution in [0.15, 0.2) is 12.3 Å². The molecule has 2 aromatic rings. The number of fused-ring (bicyclic) bond motifs is 1. The molecule has 2 aromatic heterocycles. The third kappa shape index (κ3) is 2.53. The molecule has 20 heavy (non-hydrogen) atoms. The Hall–Kier alpha value is -0.450. The SMILES string of the molecule is CSC1CCCC1n1c(CCCl)nc2cc(Cl)cnc21. The topological polar surface area (TPSA) is 30.7 Å². The van der Waals surface area contributed by atoms with Crippen molar-refractivity contribution in [3.05, 3.63) is 23.1 Å². The highest BCUT2D eigenvalue weighted by atomic mass is 35.5. The molecule has 0 amide bonds. The van der Waals surface area contributed by atoms with Crippen LogP contribution in [0.1, 0.15) is 31.1 Å². The molecular weight excluding hydrogens is 313 g/mol. The van der Waals surface area contributed by atoms with Crippen LogP contribution >= 0.6 is 35.0 Å². The normalized spacial score (nSPS) is 22.8. The summed E-state index contributed by atoms with van der Waals surface area (Å²) in [5.74, 6) is 1.61. The quantitative estimate of drug-likeness (QED) is 0.782. The second kappa shape index (κ2) is 6.12. The van der Waals surface area contributed by atoms with Gasteiger partial charge in [0.25, 0.3) is 0 Å². The molecule has 0 N–H and O–H groups in total. The fraction of sp³-hybridized carbons (Fsp3) is 0.571. The van der Waals surface area contributed by atoms with Gasteiger partial charge in [0.15, 0.2) is 5.65 Å². The van der Waals surface area contributed by atoms with Crippen LogP contribution in [0, 0.1) is 0 Å². The first-order valence-electron chi connectivity index (χ1n) is 6.85. The molecule has 1 fully saturated rings. The van der Waals surface area contributed by atoms with Crippen LogP contribution in [0.25, 0.3) is 11.2 Å². The molecule has 2 atom stereocenters. The Kier molecular flexibility index (Phi) is 4.43. The van der Waals surface area contributed by atoms with E-state index in [9.17, 15) is 0 Å². The molecule has 1 saturated carbocycles. The Morgan fingerprint density at radius 2 is 2.30 bits per heavy atom. The summed E-state index contributed by atoms with van der Waals surface area (Å²) in [5, 5.41) is 1.27. The highest BCUT2D eigenvalue weighted by molar-refractivity contribution is 7.99. The predicted molar refractivity (Wildman–Crippen MR) is 87.2 cm³/mol. The molecule has 0 aromatic carbocycles. The van der Waals surface area contributed by atoms with Crippen molar-refractivity contribution in [2.75, 3.05) is 12.1 Å². The van der Waals surface area contributed by atoms with E-state index in [0.717, 1.165) is 23.4 Å². The minimum atomic E-state index is 0.474. The number of hydrogen-bond acceptors (Lipinski definition) is 3. The summed E-state index contributed by atoms with van der Waals surface area (Å²) < 4.78 is 2.31. The second-order valence-corrected chi connectivity index (χ2v) is 7.00. The van der Waals surface area contributed by atoms with Crippen LogP contribution in [0.3, 0.4) is 0 Å². The zero-order valence-corrected chi connectivity index (χ0v) is 13.7. The fourth-order valence-corrected chi connectivity index (χ4v) is 4.39. The summed E-state index contributed by atoms with van der Waals surface area (Å²) in [6.45, 7) is 0. The lowest BCUT2D eigenvalue weighted by Gasteiger charge is -2.21. The molecule has 6 heteroatoms. The standard InChI is InChI=1S/C14H17Cl2N3S/c1-20-12-4-2-3-11(12)19-13(5-6-15)18-10-7-9(16)8-17-14(10)19/h7-8,11-12H,2-6H2,1H3. The number of halogens is 2. The molecule has 0 saturated heterocycles. The Balaban J connectivity index is 2.13. The van der Waals surface area contributed by atoms with Gasteiger partial charge in [0, 0.05) is 29.8 Å². The van der Waals surface area contributed by atoms with Crippen molar-refractivity contribution in [2.24, 2.45) is 0 Å². The smallest absolute Gasteiger partial charge is 0.160 e. The van der Waals surface area contributed by atoms with E-state index in [0.29, 0.717) is 22.2 Å². The van der Waals surface area contributed by atoms with Crippen molar-refractivity contribution < 1.29 is 0 Å². The molecule has 3 nitrogen and oxygen atoms in total. The van der Waals surface area contributed by atoms with Gasteiger partial charge >= 0.3 is 0 Å². The van der Waals surface area contributed by atoms with Crippen LogP contribution < -0.4 is 0 Å². The minimum absolute atomic E-state index is 0.474. The number of imidazole rings is 1. The van der Waals surface area contributed by atoms with Gasteiger partial charge in [0.2, 0.25) is 0 Å². The van der Waals surface area contributed by atoms with E-state index in [1.807, 2.05) is 17.8 Å². The van der Waals surface area contributed by atoms with Crippen LogP contribution in [0.4, 0.5) is 0 Å². The van der Waals surface area contributed by atoms with E-state index >= 15 is 0 Å². The number of hydrogen-bond donors (Lipinski definition) is 0. The van der Waals surface area contributed by atoms with E-state index in [2.05, 4.69) is 15.8 Å². The minimum Gasteiger partial charge on any atom is -0.308 e. The number of alkyl halides is 1. The molecular formula is C14H17Cl2N3S. The average molecular weight is 330 g/mol. The van der Waals surface area contributed by atoms with Gasteiger partial charge < -0.3 is 4.57 Å². The van der Waals surface area contributed by atoms with E-state index in [1.165, 1.54) is 19.3 Å². The average Bonchev–Trinajstić information content (AvgIpc) is 3.01. The Labute approximate surface area is 133 Å². The third-order valence-electron chi connectivity index (χ3n) is 3.94. The molecule has 2 unspecified atom stereocenters. The number of nitrogens with zero attached hydrogens (tertiary/aromatic N) is 3. The summed E-state index contributed by atoms with van der Waals surface area (Å²) in [6.07, 6.45) is 8.38. The molecule has 0 bridgehead atoms. The van der Waals surface area contributed by atoms with E-state index < -0.39 is 0 Å². The molecule has 2 heterocycles. The maximum Gasteiger partial charge on any atom is 0.160 e. The maximum absolute atomic E-state index is 6.03. The second-order valence-electron chi connectivity index (χ2n) is 5.11. The van der Waals surface area contributed by atoms with Gasteiger partial charge in [-0.05, 0) is 25.2 Å². The van der Waals surface area contributed by atoms with Gasteiger partial charge in [-0.3, -0.25) is 0 Å². The van der Waals surface area contributed by atoms with Crippen molar-refractivity contribution >= 4 is 46.1 Å². The van der Waals surface area contributed by atoms with Gasteiger partial charge in [-0.1, -0.05) is 18.0 Å². The van der Waals surface area contributed by atoms with Crippen molar-refractivity contribution in [3.8, 4) is 0 Å². The Morgan fingerprint density at radius 3 is 3.05 bits per heavy atom. The number of thioether (sulfide) groups is 1. The summed E-state index contributed by atoms with van der Waals surface area (Å²) in [6, 6.07) is 2.36. The maximum atomic E-state index is 6.03. The molecule has 0 radical (unpaired) electrons. The lowest BCUT2D eigenvalue weighted by atomic mass is 10.2. The summed E-state index contributed by atoms with van der Waals surface area (Å²) >= 11 is 13.9. The van der Waals surface area contributed by atoms with Crippen LogP contribution in [-0.4, -0.2) is 31.9 Å². The van der Waals surface area contributed by atoms with Crippen LogP contribution in [-0.2, 0) is 6.42 Å². The molecule has 0 spiro atoms. The number of aromatic nitrogens is 3.